The minimum atomic E-state index is -1.04. The van der Waals surface area contributed by atoms with Gasteiger partial charge in [-0.25, -0.2) is 19.0 Å². The summed E-state index contributed by atoms with van der Waals surface area (Å²) in [6, 6.07) is 3.82. The number of aromatic amines is 1. The number of aromatic nitrogens is 2. The molecule has 0 aliphatic carbocycles. The highest BCUT2D eigenvalue weighted by Gasteiger charge is 2.33. The molecule has 1 aliphatic heterocycles. The maximum Gasteiger partial charge on any atom is 0.351 e. The van der Waals surface area contributed by atoms with Gasteiger partial charge < -0.3 is 14.5 Å². The molecule has 0 bridgehead atoms. The number of halogens is 1. The van der Waals surface area contributed by atoms with E-state index in [9.17, 15) is 14.0 Å². The van der Waals surface area contributed by atoms with Crippen LogP contribution in [0.2, 0.25) is 0 Å². The molecule has 2 heterocycles. The highest BCUT2D eigenvalue weighted by Crippen LogP contribution is 2.40. The summed E-state index contributed by atoms with van der Waals surface area (Å²) in [5.41, 5.74) is 0.403. The van der Waals surface area contributed by atoms with Gasteiger partial charge in [-0.3, -0.25) is 0 Å². The number of nitrogens with zero attached hydrogens (tertiary/aromatic N) is 1. The van der Waals surface area contributed by atoms with Gasteiger partial charge in [0, 0.05) is 17.3 Å². The van der Waals surface area contributed by atoms with Crippen molar-refractivity contribution in [3.63, 3.8) is 0 Å². The summed E-state index contributed by atoms with van der Waals surface area (Å²) in [5, 5.41) is 0. The van der Waals surface area contributed by atoms with Gasteiger partial charge in [0.15, 0.2) is 0 Å². The van der Waals surface area contributed by atoms with Crippen molar-refractivity contribution in [3.05, 3.63) is 46.3 Å². The molecule has 1 unspecified atom stereocenters. The van der Waals surface area contributed by atoms with E-state index in [2.05, 4.69) is 14.7 Å². The number of hydrogen-bond acceptors (Lipinski definition) is 5. The third kappa shape index (κ3) is 1.83. The lowest BCUT2D eigenvalue weighted by atomic mass is 9.99. The Morgan fingerprint density at radius 2 is 2.30 bits per heavy atom. The number of methoxy groups -OCH3 is 1. The van der Waals surface area contributed by atoms with Gasteiger partial charge in [0.25, 0.3) is 0 Å². The van der Waals surface area contributed by atoms with Crippen molar-refractivity contribution in [2.45, 2.75) is 6.10 Å². The zero-order valence-corrected chi connectivity index (χ0v) is 10.3. The molecule has 0 saturated heterocycles. The fourth-order valence-electron chi connectivity index (χ4n) is 2.10. The fourth-order valence-corrected chi connectivity index (χ4v) is 2.10. The molecule has 6 nitrogen and oxygen atoms in total. The number of hydrogen-bond donors (Lipinski definition) is 1. The van der Waals surface area contributed by atoms with Crippen LogP contribution in [0.1, 0.15) is 11.7 Å². The molecule has 1 aromatic carbocycles. The van der Waals surface area contributed by atoms with E-state index in [1.807, 2.05) is 0 Å². The summed E-state index contributed by atoms with van der Waals surface area (Å²) in [4.78, 5) is 29.2. The topological polar surface area (TPSA) is 81.3 Å². The summed E-state index contributed by atoms with van der Waals surface area (Å²) < 4.78 is 23.5. The SMILES string of the molecule is COC(=O)C1Oc2ccc(F)cc2-c2[nH]c(=O)ncc21. The fraction of sp³-hybridized carbons (Fsp3) is 0.154. The van der Waals surface area contributed by atoms with Crippen molar-refractivity contribution >= 4 is 5.97 Å². The van der Waals surface area contributed by atoms with E-state index in [-0.39, 0.29) is 5.75 Å². The van der Waals surface area contributed by atoms with Gasteiger partial charge in [0.2, 0.25) is 6.10 Å². The van der Waals surface area contributed by atoms with Crippen LogP contribution in [0.25, 0.3) is 11.3 Å². The molecule has 0 radical (unpaired) electrons. The quantitative estimate of drug-likeness (QED) is 0.791. The number of carbonyl (C=O) groups is 1. The number of ether oxygens (including phenoxy) is 2. The van der Waals surface area contributed by atoms with Crippen LogP contribution in [0.3, 0.4) is 0 Å². The number of fused-ring (bicyclic) bond motifs is 3. The molecule has 0 spiro atoms. The largest absolute Gasteiger partial charge is 0.473 e. The number of esters is 1. The van der Waals surface area contributed by atoms with E-state index in [4.69, 9.17) is 4.74 Å². The van der Waals surface area contributed by atoms with Gasteiger partial charge in [-0.1, -0.05) is 0 Å². The normalized spacial score (nSPS) is 15.8. The van der Waals surface area contributed by atoms with Crippen molar-refractivity contribution in [2.24, 2.45) is 0 Å². The molecule has 1 atom stereocenters. The Morgan fingerprint density at radius 1 is 1.50 bits per heavy atom. The van der Waals surface area contributed by atoms with Crippen LogP contribution in [0.4, 0.5) is 4.39 Å². The Hall–Kier alpha value is -2.70. The van der Waals surface area contributed by atoms with Gasteiger partial charge in [-0.2, -0.15) is 0 Å². The number of benzene rings is 1. The second kappa shape index (κ2) is 4.44. The monoisotopic (exact) mass is 276 g/mol. The Balaban J connectivity index is 2.26. The average molecular weight is 276 g/mol. The lowest BCUT2D eigenvalue weighted by molar-refractivity contribution is -0.149. The van der Waals surface area contributed by atoms with Crippen LogP contribution < -0.4 is 10.4 Å². The van der Waals surface area contributed by atoms with Crippen LogP contribution in [0.15, 0.2) is 29.2 Å². The molecule has 20 heavy (non-hydrogen) atoms. The first-order chi connectivity index (χ1) is 9.60. The average Bonchev–Trinajstić information content (AvgIpc) is 2.45. The van der Waals surface area contributed by atoms with Gasteiger partial charge >= 0.3 is 11.7 Å². The summed E-state index contributed by atoms with van der Waals surface area (Å²) in [7, 11) is 1.23. The van der Waals surface area contributed by atoms with E-state index < -0.39 is 23.6 Å². The third-order valence-corrected chi connectivity index (χ3v) is 2.99. The molecule has 3 rings (SSSR count). The van der Waals surface area contributed by atoms with Crippen molar-refractivity contribution in [2.75, 3.05) is 7.11 Å². The highest BCUT2D eigenvalue weighted by atomic mass is 19.1. The summed E-state index contributed by atoms with van der Waals surface area (Å²) in [6.45, 7) is 0. The van der Waals surface area contributed by atoms with Crippen molar-refractivity contribution in [1.82, 2.24) is 9.97 Å². The van der Waals surface area contributed by atoms with Gasteiger partial charge in [0.1, 0.15) is 11.6 Å². The number of H-pyrrole nitrogens is 1. The zero-order chi connectivity index (χ0) is 14.3. The number of rotatable bonds is 1. The number of nitrogens with one attached hydrogen (secondary N) is 1. The molecule has 2 aromatic rings. The maximum absolute atomic E-state index is 13.4. The molecule has 0 saturated carbocycles. The van der Waals surface area contributed by atoms with Crippen LogP contribution in [-0.4, -0.2) is 23.0 Å². The third-order valence-electron chi connectivity index (χ3n) is 2.99. The lowest BCUT2D eigenvalue weighted by Gasteiger charge is -2.25. The molecular formula is C13H9FN2O4. The van der Waals surface area contributed by atoms with Gasteiger partial charge in [-0.05, 0) is 18.2 Å². The second-order valence-corrected chi connectivity index (χ2v) is 4.18. The molecule has 1 aliphatic rings. The molecule has 7 heteroatoms. The van der Waals surface area contributed by atoms with Crippen LogP contribution >= 0.6 is 0 Å². The zero-order valence-electron chi connectivity index (χ0n) is 10.3. The Labute approximate surface area is 112 Å². The van der Waals surface area contributed by atoms with E-state index in [0.717, 1.165) is 0 Å². The minimum absolute atomic E-state index is 0.288. The van der Waals surface area contributed by atoms with Crippen LogP contribution in [0, 0.1) is 5.82 Å². The second-order valence-electron chi connectivity index (χ2n) is 4.18. The molecular weight excluding hydrogens is 267 g/mol. The van der Waals surface area contributed by atoms with E-state index >= 15 is 0 Å². The van der Waals surface area contributed by atoms with E-state index in [0.29, 0.717) is 16.8 Å². The number of carbonyl (C=O) groups excluding carboxylic acids is 1. The summed E-state index contributed by atoms with van der Waals surface area (Å²) >= 11 is 0. The first-order valence-corrected chi connectivity index (χ1v) is 5.74. The lowest BCUT2D eigenvalue weighted by Crippen LogP contribution is -2.27. The van der Waals surface area contributed by atoms with Crippen LogP contribution in [0.5, 0.6) is 5.75 Å². The van der Waals surface area contributed by atoms with Gasteiger partial charge in [-0.15, -0.1) is 0 Å². The van der Waals surface area contributed by atoms with E-state index in [1.54, 1.807) is 0 Å². The Morgan fingerprint density at radius 3 is 3.05 bits per heavy atom. The summed E-state index contributed by atoms with van der Waals surface area (Å²) in [5.74, 6) is -0.821. The first-order valence-electron chi connectivity index (χ1n) is 5.74. The molecule has 1 aromatic heterocycles. The minimum Gasteiger partial charge on any atom is -0.473 e. The molecule has 102 valence electrons. The van der Waals surface area contributed by atoms with Crippen molar-refractivity contribution < 1.29 is 18.7 Å². The summed E-state index contributed by atoms with van der Waals surface area (Å²) in [6.07, 6.45) is 0.182. The highest BCUT2D eigenvalue weighted by molar-refractivity contribution is 5.83. The van der Waals surface area contributed by atoms with Crippen molar-refractivity contribution in [3.8, 4) is 17.0 Å². The predicted molar refractivity (Wildman–Crippen MR) is 65.6 cm³/mol. The molecule has 0 fully saturated rings. The smallest absolute Gasteiger partial charge is 0.351 e. The Bertz CT molecular complexity index is 756. The van der Waals surface area contributed by atoms with Crippen molar-refractivity contribution in [1.29, 1.82) is 0 Å². The molecule has 1 N–H and O–H groups in total. The first kappa shape index (κ1) is 12.3. The maximum atomic E-state index is 13.4. The predicted octanol–water partition coefficient (Wildman–Crippen LogP) is 1.18. The standard InChI is InChI=1S/C13H9FN2O4/c1-19-12(17)11-8-5-15-13(18)16-10(8)7-4-6(14)2-3-9(7)20-11/h2-5,11H,1H3,(H,15,16,18). The molecule has 0 amide bonds. The van der Waals surface area contributed by atoms with Crippen LogP contribution in [-0.2, 0) is 9.53 Å². The van der Waals surface area contributed by atoms with Gasteiger partial charge in [0.05, 0.1) is 12.8 Å². The van der Waals surface area contributed by atoms with E-state index in [1.165, 1.54) is 31.5 Å². The Kier molecular flexibility index (Phi) is 2.74.